The second-order valence-electron chi connectivity index (χ2n) is 11.1. The third-order valence-electron chi connectivity index (χ3n) is 8.84. The highest BCUT2D eigenvalue weighted by Gasteiger charge is 2.25. The Kier molecular flexibility index (Phi) is 9.04. The van der Waals surface area contributed by atoms with E-state index in [0.29, 0.717) is 5.92 Å². The van der Waals surface area contributed by atoms with Crippen LogP contribution in [0, 0.1) is 23.6 Å². The van der Waals surface area contributed by atoms with Crippen LogP contribution in [0.5, 0.6) is 0 Å². The van der Waals surface area contributed by atoms with Gasteiger partial charge in [-0.05, 0) is 85.6 Å². The summed E-state index contributed by atoms with van der Waals surface area (Å²) in [5, 5.41) is 1.86. The van der Waals surface area contributed by atoms with Crippen molar-refractivity contribution >= 4 is 10.8 Å². The van der Waals surface area contributed by atoms with E-state index in [1.165, 1.54) is 82.6 Å². The molecule has 0 nitrogen and oxygen atoms in total. The van der Waals surface area contributed by atoms with Crippen molar-refractivity contribution in [1.82, 2.24) is 0 Å². The summed E-state index contributed by atoms with van der Waals surface area (Å²) in [6.45, 7) is 4.35. The van der Waals surface area contributed by atoms with Gasteiger partial charge in [-0.3, -0.25) is 0 Å². The Bertz CT molecular complexity index is 894. The number of hydrogen-bond donors (Lipinski definition) is 0. The SMILES string of the molecule is C/C=C/CCc1ccc2cc(C3CCC(CCC4CCC(CCC)CC4)CC3)ccc2c1F. The molecule has 0 unspecified atom stereocenters. The monoisotopic (exact) mass is 448 g/mol. The first-order valence-electron chi connectivity index (χ1n) is 14.0. The molecular formula is C32H45F. The molecule has 0 spiro atoms. The van der Waals surface area contributed by atoms with Crippen molar-refractivity contribution in [2.45, 2.75) is 110 Å². The molecule has 0 aromatic heterocycles. The van der Waals surface area contributed by atoms with Crippen molar-refractivity contribution in [3.05, 3.63) is 59.4 Å². The zero-order chi connectivity index (χ0) is 23.0. The molecule has 0 aliphatic heterocycles. The molecular weight excluding hydrogens is 403 g/mol. The molecule has 2 aliphatic carbocycles. The van der Waals surface area contributed by atoms with Crippen molar-refractivity contribution in [3.63, 3.8) is 0 Å². The molecule has 2 fully saturated rings. The molecule has 33 heavy (non-hydrogen) atoms. The van der Waals surface area contributed by atoms with Gasteiger partial charge in [0, 0.05) is 5.39 Å². The first-order valence-corrected chi connectivity index (χ1v) is 14.0. The number of hydrogen-bond acceptors (Lipinski definition) is 0. The molecule has 2 saturated carbocycles. The summed E-state index contributed by atoms with van der Waals surface area (Å²) in [5.41, 5.74) is 2.27. The maximum Gasteiger partial charge on any atom is 0.134 e. The number of fused-ring (bicyclic) bond motifs is 1. The molecule has 2 aromatic carbocycles. The van der Waals surface area contributed by atoms with Crippen molar-refractivity contribution in [2.75, 3.05) is 0 Å². The smallest absolute Gasteiger partial charge is 0.134 e. The maximum absolute atomic E-state index is 15.0. The third kappa shape index (κ3) is 6.49. The van der Waals surface area contributed by atoms with Crippen LogP contribution in [0.4, 0.5) is 4.39 Å². The van der Waals surface area contributed by atoms with Crippen molar-refractivity contribution in [2.24, 2.45) is 17.8 Å². The average molecular weight is 449 g/mol. The normalized spacial score (nSPS) is 26.3. The fraction of sp³-hybridized carbons (Fsp3) is 0.625. The number of halogens is 1. The Balaban J connectivity index is 1.27. The molecule has 2 aliphatic rings. The minimum atomic E-state index is -0.0176. The Morgan fingerprint density at radius 2 is 1.45 bits per heavy atom. The largest absolute Gasteiger partial charge is 0.206 e. The molecule has 0 N–H and O–H groups in total. The van der Waals surface area contributed by atoms with E-state index >= 15 is 0 Å². The molecule has 0 bridgehead atoms. The van der Waals surface area contributed by atoms with Crippen LogP contribution >= 0.6 is 0 Å². The molecule has 4 rings (SSSR count). The predicted octanol–water partition coefficient (Wildman–Crippen LogP) is 10.1. The van der Waals surface area contributed by atoms with Gasteiger partial charge in [0.1, 0.15) is 5.82 Å². The van der Waals surface area contributed by atoms with Crippen LogP contribution in [0.2, 0.25) is 0 Å². The quantitative estimate of drug-likeness (QED) is 0.335. The second kappa shape index (κ2) is 12.2. The van der Waals surface area contributed by atoms with Crippen molar-refractivity contribution in [3.8, 4) is 0 Å². The van der Waals surface area contributed by atoms with E-state index in [2.05, 4.69) is 31.2 Å². The lowest BCUT2D eigenvalue weighted by molar-refractivity contribution is 0.224. The summed E-state index contributed by atoms with van der Waals surface area (Å²) in [6.07, 6.45) is 22.9. The van der Waals surface area contributed by atoms with Gasteiger partial charge in [-0.15, -0.1) is 0 Å². The van der Waals surface area contributed by atoms with Crippen LogP contribution in [-0.2, 0) is 6.42 Å². The highest BCUT2D eigenvalue weighted by molar-refractivity contribution is 5.84. The summed E-state index contributed by atoms with van der Waals surface area (Å²) >= 11 is 0. The van der Waals surface area contributed by atoms with E-state index in [1.54, 1.807) is 0 Å². The highest BCUT2D eigenvalue weighted by Crippen LogP contribution is 2.41. The first-order chi connectivity index (χ1) is 16.2. The molecule has 0 radical (unpaired) electrons. The third-order valence-corrected chi connectivity index (χ3v) is 8.84. The average Bonchev–Trinajstić information content (AvgIpc) is 2.85. The predicted molar refractivity (Wildman–Crippen MR) is 141 cm³/mol. The summed E-state index contributed by atoms with van der Waals surface area (Å²) < 4.78 is 15.0. The van der Waals surface area contributed by atoms with Crippen LogP contribution < -0.4 is 0 Å². The lowest BCUT2D eigenvalue weighted by atomic mass is 9.74. The summed E-state index contributed by atoms with van der Waals surface area (Å²) in [6, 6.07) is 10.7. The first kappa shape index (κ1) is 24.5. The Hall–Kier alpha value is -1.63. The van der Waals surface area contributed by atoms with Gasteiger partial charge >= 0.3 is 0 Å². The zero-order valence-electron chi connectivity index (χ0n) is 21.1. The summed E-state index contributed by atoms with van der Waals surface area (Å²) in [5.74, 6) is 3.62. The van der Waals surface area contributed by atoms with Gasteiger partial charge < -0.3 is 0 Å². The zero-order valence-corrected chi connectivity index (χ0v) is 21.1. The van der Waals surface area contributed by atoms with E-state index in [1.807, 2.05) is 25.1 Å². The summed E-state index contributed by atoms with van der Waals surface area (Å²) in [7, 11) is 0. The molecule has 0 saturated heterocycles. The lowest BCUT2D eigenvalue weighted by Crippen LogP contribution is -2.17. The number of allylic oxidation sites excluding steroid dienone is 2. The molecule has 2 aromatic rings. The van der Waals surface area contributed by atoms with Gasteiger partial charge in [0.25, 0.3) is 0 Å². The highest BCUT2D eigenvalue weighted by atomic mass is 19.1. The van der Waals surface area contributed by atoms with Gasteiger partial charge in [0.15, 0.2) is 0 Å². The van der Waals surface area contributed by atoms with Crippen molar-refractivity contribution in [1.29, 1.82) is 0 Å². The summed E-state index contributed by atoms with van der Waals surface area (Å²) in [4.78, 5) is 0. The maximum atomic E-state index is 15.0. The van der Waals surface area contributed by atoms with Crippen LogP contribution in [-0.4, -0.2) is 0 Å². The van der Waals surface area contributed by atoms with Crippen LogP contribution in [0.1, 0.15) is 114 Å². The van der Waals surface area contributed by atoms with Crippen molar-refractivity contribution < 1.29 is 4.39 Å². The van der Waals surface area contributed by atoms with Crippen LogP contribution in [0.15, 0.2) is 42.5 Å². The fourth-order valence-electron chi connectivity index (χ4n) is 6.68. The van der Waals surface area contributed by atoms with Gasteiger partial charge in [0.05, 0.1) is 0 Å². The Morgan fingerprint density at radius 1 is 0.818 bits per heavy atom. The van der Waals surface area contributed by atoms with E-state index in [4.69, 9.17) is 0 Å². The number of aryl methyl sites for hydroxylation is 1. The van der Waals surface area contributed by atoms with E-state index in [9.17, 15) is 4.39 Å². The Morgan fingerprint density at radius 3 is 2.09 bits per heavy atom. The second-order valence-corrected chi connectivity index (χ2v) is 11.1. The van der Waals surface area contributed by atoms with E-state index < -0.39 is 0 Å². The van der Waals surface area contributed by atoms with Gasteiger partial charge in [-0.2, -0.15) is 0 Å². The number of rotatable bonds is 9. The van der Waals surface area contributed by atoms with E-state index in [-0.39, 0.29) is 5.82 Å². The molecule has 0 amide bonds. The lowest BCUT2D eigenvalue weighted by Gasteiger charge is -2.32. The Labute approximate surface area is 202 Å². The van der Waals surface area contributed by atoms with Crippen LogP contribution in [0.3, 0.4) is 0 Å². The van der Waals surface area contributed by atoms with Gasteiger partial charge in [0.2, 0.25) is 0 Å². The molecule has 0 heterocycles. The van der Waals surface area contributed by atoms with Gasteiger partial charge in [-0.1, -0.05) is 101 Å². The minimum Gasteiger partial charge on any atom is -0.206 e. The number of benzene rings is 2. The molecule has 180 valence electrons. The fourth-order valence-corrected chi connectivity index (χ4v) is 6.68. The molecule has 1 heteroatoms. The van der Waals surface area contributed by atoms with Crippen LogP contribution in [0.25, 0.3) is 10.8 Å². The standard InChI is InChI=1S/C32H45F/c1-3-5-6-8-28-19-20-30-23-29(21-22-31(30)32(28)33)27-17-15-26(16-18-27)14-13-25-11-9-24(7-4-2)10-12-25/h3,5,19-27H,4,6-18H2,1-2H3/b5-3+. The molecule has 0 atom stereocenters. The minimum absolute atomic E-state index is 0.0176. The van der Waals surface area contributed by atoms with Gasteiger partial charge in [-0.25, -0.2) is 4.39 Å². The van der Waals surface area contributed by atoms with E-state index in [0.717, 1.165) is 46.9 Å². The topological polar surface area (TPSA) is 0 Å².